The molecule has 0 radical (unpaired) electrons. The first-order valence-corrected chi connectivity index (χ1v) is 6.99. The van der Waals surface area contributed by atoms with Gasteiger partial charge >= 0.3 is 0 Å². The largest absolute Gasteiger partial charge is 0.319 e. The van der Waals surface area contributed by atoms with Crippen molar-refractivity contribution in [2.75, 3.05) is 13.6 Å². The van der Waals surface area contributed by atoms with Crippen LogP contribution in [0.4, 0.5) is 0 Å². The van der Waals surface area contributed by atoms with E-state index in [1.165, 1.54) is 38.5 Å². The summed E-state index contributed by atoms with van der Waals surface area (Å²) in [6.45, 7) is 1.14. The highest BCUT2D eigenvalue weighted by molar-refractivity contribution is 5.31. The van der Waals surface area contributed by atoms with Crippen LogP contribution >= 0.6 is 0 Å². The van der Waals surface area contributed by atoms with Gasteiger partial charge in [-0.2, -0.15) is 0 Å². The summed E-state index contributed by atoms with van der Waals surface area (Å²) in [7, 11) is 2.09. The fourth-order valence-electron chi connectivity index (χ4n) is 4.42. The maximum Gasteiger partial charge on any atom is 0.00882 e. The number of nitrogens with one attached hydrogen (secondary N) is 1. The van der Waals surface area contributed by atoms with Crippen molar-refractivity contribution in [1.29, 1.82) is 0 Å². The zero-order valence-electron chi connectivity index (χ0n) is 10.8. The molecule has 1 nitrogen and oxygen atoms in total. The molecule has 0 atom stereocenters. The van der Waals surface area contributed by atoms with Crippen LogP contribution in [0.3, 0.4) is 0 Å². The molecular formula is C16H23N. The highest BCUT2D eigenvalue weighted by Crippen LogP contribution is 2.62. The molecule has 0 unspecified atom stereocenters. The van der Waals surface area contributed by atoms with Gasteiger partial charge in [0.05, 0.1) is 0 Å². The van der Waals surface area contributed by atoms with E-state index in [-0.39, 0.29) is 0 Å². The second kappa shape index (κ2) is 4.13. The molecule has 2 fully saturated rings. The Morgan fingerprint density at radius 3 is 2.29 bits per heavy atom. The van der Waals surface area contributed by atoms with Crippen LogP contribution in [0.15, 0.2) is 30.3 Å². The Morgan fingerprint density at radius 1 is 1.06 bits per heavy atom. The lowest BCUT2D eigenvalue weighted by atomic mass is 9.49. The van der Waals surface area contributed by atoms with Gasteiger partial charge in [-0.1, -0.05) is 43.2 Å². The lowest BCUT2D eigenvalue weighted by Crippen LogP contribution is -2.53. The third-order valence-corrected chi connectivity index (χ3v) is 4.99. The Hall–Kier alpha value is -0.820. The third-order valence-electron chi connectivity index (χ3n) is 4.99. The molecule has 17 heavy (non-hydrogen) atoms. The summed E-state index contributed by atoms with van der Waals surface area (Å²) >= 11 is 0. The van der Waals surface area contributed by atoms with E-state index >= 15 is 0 Å². The Morgan fingerprint density at radius 2 is 1.71 bits per heavy atom. The predicted octanol–water partition coefficient (Wildman–Crippen LogP) is 3.50. The van der Waals surface area contributed by atoms with Crippen molar-refractivity contribution in [2.24, 2.45) is 5.41 Å². The van der Waals surface area contributed by atoms with Crippen LogP contribution in [0.1, 0.15) is 44.1 Å². The highest BCUT2D eigenvalue weighted by atomic mass is 14.8. The van der Waals surface area contributed by atoms with Gasteiger partial charge in [0.25, 0.3) is 0 Å². The summed E-state index contributed by atoms with van der Waals surface area (Å²) in [5, 5.41) is 3.42. The quantitative estimate of drug-likeness (QED) is 0.836. The minimum atomic E-state index is 0.431. The van der Waals surface area contributed by atoms with E-state index < -0.39 is 0 Å². The molecule has 0 amide bonds. The minimum absolute atomic E-state index is 0.431. The van der Waals surface area contributed by atoms with Crippen LogP contribution in [0, 0.1) is 5.41 Å². The summed E-state index contributed by atoms with van der Waals surface area (Å²) in [5.41, 5.74) is 2.69. The normalized spacial score (nSPS) is 24.8. The first kappa shape index (κ1) is 11.3. The average molecular weight is 229 g/mol. The first-order valence-electron chi connectivity index (χ1n) is 6.99. The van der Waals surface area contributed by atoms with E-state index in [0.717, 1.165) is 6.54 Å². The number of hydrogen-bond acceptors (Lipinski definition) is 1. The molecule has 3 rings (SSSR count). The van der Waals surface area contributed by atoms with Crippen LogP contribution in [-0.4, -0.2) is 13.6 Å². The van der Waals surface area contributed by atoms with Crippen molar-refractivity contribution in [3.8, 4) is 0 Å². The van der Waals surface area contributed by atoms with Crippen molar-refractivity contribution in [2.45, 2.75) is 43.9 Å². The molecule has 2 saturated carbocycles. The zero-order valence-corrected chi connectivity index (χ0v) is 10.8. The molecule has 0 aromatic heterocycles. The van der Waals surface area contributed by atoms with E-state index in [2.05, 4.69) is 42.7 Å². The highest BCUT2D eigenvalue weighted by Gasteiger charge is 2.55. The Bertz CT molecular complexity index is 368. The van der Waals surface area contributed by atoms with E-state index in [4.69, 9.17) is 0 Å². The van der Waals surface area contributed by atoms with E-state index in [1.54, 1.807) is 5.56 Å². The molecule has 1 aromatic rings. The molecule has 0 bridgehead atoms. The first-order chi connectivity index (χ1) is 8.29. The lowest BCUT2D eigenvalue weighted by Gasteiger charge is -2.56. The lowest BCUT2D eigenvalue weighted by molar-refractivity contribution is 0.0282. The van der Waals surface area contributed by atoms with Crippen LogP contribution in [0.2, 0.25) is 0 Å². The van der Waals surface area contributed by atoms with Crippen molar-refractivity contribution >= 4 is 0 Å². The van der Waals surface area contributed by atoms with Gasteiger partial charge < -0.3 is 5.32 Å². The Kier molecular flexibility index (Phi) is 2.74. The predicted molar refractivity (Wildman–Crippen MR) is 72.2 cm³/mol. The van der Waals surface area contributed by atoms with Gasteiger partial charge in [-0.15, -0.1) is 0 Å². The summed E-state index contributed by atoms with van der Waals surface area (Å²) in [6, 6.07) is 11.1. The molecule has 0 aliphatic heterocycles. The monoisotopic (exact) mass is 229 g/mol. The van der Waals surface area contributed by atoms with Crippen molar-refractivity contribution < 1.29 is 0 Å². The van der Waals surface area contributed by atoms with Crippen molar-refractivity contribution in [3.05, 3.63) is 35.9 Å². The summed E-state index contributed by atoms with van der Waals surface area (Å²) in [6.07, 6.45) is 8.70. The van der Waals surface area contributed by atoms with Gasteiger partial charge in [-0.25, -0.2) is 0 Å². The molecule has 1 heteroatoms. The van der Waals surface area contributed by atoms with Gasteiger partial charge in [0, 0.05) is 12.0 Å². The van der Waals surface area contributed by atoms with Gasteiger partial charge in [-0.3, -0.25) is 0 Å². The van der Waals surface area contributed by atoms with Crippen molar-refractivity contribution in [1.82, 2.24) is 5.32 Å². The van der Waals surface area contributed by atoms with Crippen LogP contribution in [0.5, 0.6) is 0 Å². The van der Waals surface area contributed by atoms with E-state index in [0.29, 0.717) is 10.8 Å². The second-order valence-electron chi connectivity index (χ2n) is 6.24. The molecule has 0 heterocycles. The SMILES string of the molecule is CNCC1(c2ccccc2)CC2(CCCC2)C1. The smallest absolute Gasteiger partial charge is 0.00882 e. The van der Waals surface area contributed by atoms with Gasteiger partial charge in [0.1, 0.15) is 0 Å². The van der Waals surface area contributed by atoms with E-state index in [9.17, 15) is 0 Å². The fourth-order valence-corrected chi connectivity index (χ4v) is 4.42. The number of rotatable bonds is 3. The molecule has 1 spiro atoms. The molecule has 1 aromatic carbocycles. The molecule has 0 saturated heterocycles. The average Bonchev–Trinajstić information content (AvgIpc) is 2.78. The molecule has 2 aliphatic carbocycles. The Balaban J connectivity index is 1.82. The van der Waals surface area contributed by atoms with Gasteiger partial charge in [0.15, 0.2) is 0 Å². The standard InChI is InChI=1S/C16H23N/c1-17-13-16(14-7-3-2-4-8-14)11-15(12-16)9-5-6-10-15/h2-4,7-8,17H,5-6,9-13H2,1H3. The topological polar surface area (TPSA) is 12.0 Å². The summed E-state index contributed by atoms with van der Waals surface area (Å²) in [5.74, 6) is 0. The van der Waals surface area contributed by atoms with E-state index in [1.807, 2.05) is 0 Å². The van der Waals surface area contributed by atoms with Gasteiger partial charge in [0.2, 0.25) is 0 Å². The second-order valence-corrected chi connectivity index (χ2v) is 6.24. The minimum Gasteiger partial charge on any atom is -0.319 e. The van der Waals surface area contributed by atoms with Gasteiger partial charge in [-0.05, 0) is 43.7 Å². The van der Waals surface area contributed by atoms with Crippen LogP contribution in [0.25, 0.3) is 0 Å². The molecule has 92 valence electrons. The Labute approximate surface area is 105 Å². The maximum atomic E-state index is 3.42. The number of hydrogen-bond donors (Lipinski definition) is 1. The number of likely N-dealkylation sites (N-methyl/N-ethyl adjacent to an activating group) is 1. The molecule has 2 aliphatic rings. The summed E-state index contributed by atoms with van der Waals surface area (Å²) < 4.78 is 0. The summed E-state index contributed by atoms with van der Waals surface area (Å²) in [4.78, 5) is 0. The zero-order chi connectivity index (χ0) is 11.8. The van der Waals surface area contributed by atoms with Crippen molar-refractivity contribution in [3.63, 3.8) is 0 Å². The third kappa shape index (κ3) is 1.81. The number of benzene rings is 1. The maximum absolute atomic E-state index is 3.42. The molecule has 1 N–H and O–H groups in total. The van der Waals surface area contributed by atoms with Crippen LogP contribution in [-0.2, 0) is 5.41 Å². The van der Waals surface area contributed by atoms with Crippen LogP contribution < -0.4 is 5.32 Å². The molecular weight excluding hydrogens is 206 g/mol. The fraction of sp³-hybridized carbons (Fsp3) is 0.625.